The molecule has 1 aromatic heterocycles. The second-order valence-electron chi connectivity index (χ2n) is 7.82. The lowest BCUT2D eigenvalue weighted by atomic mass is 9.88. The molecule has 0 aliphatic carbocycles. The summed E-state index contributed by atoms with van der Waals surface area (Å²) in [6.07, 6.45) is 4.59. The first-order valence-corrected chi connectivity index (χ1v) is 10.9. The van der Waals surface area contributed by atoms with Gasteiger partial charge in [-0.15, -0.1) is 10.2 Å². The average Bonchev–Trinajstić information content (AvgIpc) is 3.25. The first-order valence-electron chi connectivity index (χ1n) is 10.9. The lowest BCUT2D eigenvalue weighted by Gasteiger charge is -2.41. The second kappa shape index (κ2) is 11.1. The van der Waals surface area contributed by atoms with E-state index in [0.717, 1.165) is 63.9 Å². The minimum Gasteiger partial charge on any atom is -0.381 e. The van der Waals surface area contributed by atoms with Gasteiger partial charge in [-0.2, -0.15) is 0 Å². The number of nitrogens with one attached hydrogen (secondary N) is 3. The van der Waals surface area contributed by atoms with Crippen LogP contribution in [0.1, 0.15) is 44.1 Å². The standard InChI is InChI=1S/C22H35N7O/c1-4-20-28-26-17-29(20)13-12-24-21(23-3)25-16-22(10-14-30-15-11-22)27-18(2)19-8-6-5-7-9-19/h5-9,17-18,27H,4,10-16H2,1-3H3,(H2,23,24,25). The van der Waals surface area contributed by atoms with Crippen molar-refractivity contribution in [3.8, 4) is 0 Å². The van der Waals surface area contributed by atoms with Crippen LogP contribution in [0.3, 0.4) is 0 Å². The molecule has 3 rings (SSSR count). The molecule has 0 spiro atoms. The van der Waals surface area contributed by atoms with E-state index in [2.05, 4.69) is 79.9 Å². The van der Waals surface area contributed by atoms with Crippen LogP contribution < -0.4 is 16.0 Å². The summed E-state index contributed by atoms with van der Waals surface area (Å²) in [5.74, 6) is 1.81. The van der Waals surface area contributed by atoms with Crippen LogP contribution in [0.2, 0.25) is 0 Å². The van der Waals surface area contributed by atoms with Crippen molar-refractivity contribution in [3.63, 3.8) is 0 Å². The Bertz CT molecular complexity index is 784. The number of aryl methyl sites for hydroxylation is 1. The number of hydrogen-bond donors (Lipinski definition) is 3. The van der Waals surface area contributed by atoms with E-state index in [1.165, 1.54) is 5.56 Å². The molecule has 2 heterocycles. The molecular weight excluding hydrogens is 378 g/mol. The highest BCUT2D eigenvalue weighted by Crippen LogP contribution is 2.25. The maximum Gasteiger partial charge on any atom is 0.191 e. The molecule has 1 unspecified atom stereocenters. The van der Waals surface area contributed by atoms with E-state index in [4.69, 9.17) is 4.74 Å². The Morgan fingerprint density at radius 1 is 1.23 bits per heavy atom. The molecule has 0 bridgehead atoms. The zero-order valence-electron chi connectivity index (χ0n) is 18.4. The van der Waals surface area contributed by atoms with Gasteiger partial charge in [-0.1, -0.05) is 37.3 Å². The summed E-state index contributed by atoms with van der Waals surface area (Å²) in [4.78, 5) is 4.40. The number of rotatable bonds is 9. The van der Waals surface area contributed by atoms with Crippen LogP contribution in [-0.4, -0.2) is 59.6 Å². The molecule has 0 radical (unpaired) electrons. The lowest BCUT2D eigenvalue weighted by Crippen LogP contribution is -2.58. The summed E-state index contributed by atoms with van der Waals surface area (Å²) in [6.45, 7) is 8.22. The number of benzene rings is 1. The van der Waals surface area contributed by atoms with E-state index in [-0.39, 0.29) is 11.6 Å². The smallest absolute Gasteiger partial charge is 0.191 e. The number of aromatic nitrogens is 3. The van der Waals surface area contributed by atoms with E-state index < -0.39 is 0 Å². The minimum atomic E-state index is -0.0330. The summed E-state index contributed by atoms with van der Waals surface area (Å²) >= 11 is 0. The molecule has 3 N–H and O–H groups in total. The highest BCUT2D eigenvalue weighted by Gasteiger charge is 2.34. The summed E-state index contributed by atoms with van der Waals surface area (Å²) in [6, 6.07) is 10.9. The van der Waals surface area contributed by atoms with E-state index in [0.29, 0.717) is 0 Å². The number of ether oxygens (including phenoxy) is 1. The van der Waals surface area contributed by atoms with Crippen molar-refractivity contribution < 1.29 is 4.74 Å². The van der Waals surface area contributed by atoms with E-state index in [1.54, 1.807) is 6.33 Å². The van der Waals surface area contributed by atoms with Gasteiger partial charge in [-0.3, -0.25) is 4.99 Å². The molecule has 1 aromatic carbocycles. The zero-order chi connectivity index (χ0) is 21.2. The molecule has 1 fully saturated rings. The first kappa shape index (κ1) is 22.2. The third kappa shape index (κ3) is 6.03. The molecule has 164 valence electrons. The van der Waals surface area contributed by atoms with Gasteiger partial charge in [-0.25, -0.2) is 0 Å². The summed E-state index contributed by atoms with van der Waals surface area (Å²) in [5.41, 5.74) is 1.26. The Morgan fingerprint density at radius 3 is 2.70 bits per heavy atom. The summed E-state index contributed by atoms with van der Waals surface area (Å²) in [5, 5.41) is 18.9. The van der Waals surface area contributed by atoms with Crippen LogP contribution in [0.25, 0.3) is 0 Å². The fraction of sp³-hybridized carbons (Fsp3) is 0.591. The third-order valence-electron chi connectivity index (χ3n) is 5.75. The van der Waals surface area contributed by atoms with Gasteiger partial charge in [-0.05, 0) is 25.3 Å². The van der Waals surface area contributed by atoms with Gasteiger partial charge in [0, 0.05) is 57.9 Å². The Hall–Kier alpha value is -2.45. The van der Waals surface area contributed by atoms with Crippen molar-refractivity contribution in [2.75, 3.05) is 33.4 Å². The van der Waals surface area contributed by atoms with Crippen molar-refractivity contribution >= 4 is 5.96 Å². The molecule has 2 aromatic rings. The van der Waals surface area contributed by atoms with Gasteiger partial charge in [0.05, 0.1) is 0 Å². The number of hydrogen-bond acceptors (Lipinski definition) is 5. The van der Waals surface area contributed by atoms with Crippen molar-refractivity contribution in [2.45, 2.75) is 51.2 Å². The number of guanidine groups is 1. The zero-order valence-corrected chi connectivity index (χ0v) is 18.4. The molecule has 1 aliphatic rings. The normalized spacial score (nSPS) is 17.5. The molecule has 30 heavy (non-hydrogen) atoms. The largest absolute Gasteiger partial charge is 0.381 e. The fourth-order valence-electron chi connectivity index (χ4n) is 3.93. The van der Waals surface area contributed by atoms with Crippen LogP contribution in [-0.2, 0) is 17.7 Å². The predicted octanol–water partition coefficient (Wildman–Crippen LogP) is 1.91. The van der Waals surface area contributed by atoms with E-state index >= 15 is 0 Å². The Balaban J connectivity index is 1.54. The predicted molar refractivity (Wildman–Crippen MR) is 120 cm³/mol. The van der Waals surface area contributed by atoms with Gasteiger partial charge < -0.3 is 25.3 Å². The summed E-state index contributed by atoms with van der Waals surface area (Å²) < 4.78 is 7.72. The quantitative estimate of drug-likeness (QED) is 0.430. The monoisotopic (exact) mass is 413 g/mol. The van der Waals surface area contributed by atoms with Crippen LogP contribution in [0.5, 0.6) is 0 Å². The fourth-order valence-corrected chi connectivity index (χ4v) is 3.93. The third-order valence-corrected chi connectivity index (χ3v) is 5.75. The lowest BCUT2D eigenvalue weighted by molar-refractivity contribution is 0.0355. The van der Waals surface area contributed by atoms with E-state index in [9.17, 15) is 0 Å². The second-order valence-corrected chi connectivity index (χ2v) is 7.82. The highest BCUT2D eigenvalue weighted by atomic mass is 16.5. The first-order chi connectivity index (χ1) is 14.7. The molecule has 8 nitrogen and oxygen atoms in total. The Morgan fingerprint density at radius 2 is 2.00 bits per heavy atom. The molecule has 0 saturated carbocycles. The van der Waals surface area contributed by atoms with Crippen molar-refractivity contribution in [1.29, 1.82) is 0 Å². The molecule has 8 heteroatoms. The maximum atomic E-state index is 5.64. The SMILES string of the molecule is CCc1nncn1CCNC(=NC)NCC1(NC(C)c2ccccc2)CCOCC1. The van der Waals surface area contributed by atoms with Crippen LogP contribution >= 0.6 is 0 Å². The number of nitrogens with zero attached hydrogens (tertiary/aromatic N) is 4. The van der Waals surface area contributed by atoms with Crippen LogP contribution in [0.15, 0.2) is 41.7 Å². The van der Waals surface area contributed by atoms with Gasteiger partial charge >= 0.3 is 0 Å². The minimum absolute atomic E-state index is 0.0330. The van der Waals surface area contributed by atoms with Gasteiger partial charge in [0.15, 0.2) is 5.96 Å². The van der Waals surface area contributed by atoms with Gasteiger partial charge in [0.25, 0.3) is 0 Å². The molecule has 1 aliphatic heterocycles. The Kier molecular flexibility index (Phi) is 8.21. The Labute approximate surface area is 179 Å². The summed E-state index contributed by atoms with van der Waals surface area (Å²) in [7, 11) is 1.81. The average molecular weight is 414 g/mol. The van der Waals surface area contributed by atoms with Gasteiger partial charge in [0.1, 0.15) is 12.2 Å². The highest BCUT2D eigenvalue weighted by molar-refractivity contribution is 5.79. The van der Waals surface area contributed by atoms with Crippen molar-refractivity contribution in [1.82, 2.24) is 30.7 Å². The van der Waals surface area contributed by atoms with Gasteiger partial charge in [0.2, 0.25) is 0 Å². The maximum absolute atomic E-state index is 5.64. The van der Waals surface area contributed by atoms with Crippen molar-refractivity contribution in [2.24, 2.45) is 4.99 Å². The van der Waals surface area contributed by atoms with E-state index in [1.807, 2.05) is 7.05 Å². The molecule has 0 amide bonds. The molecular formula is C22H35N7O. The van der Waals surface area contributed by atoms with Crippen molar-refractivity contribution in [3.05, 3.63) is 48.0 Å². The van der Waals surface area contributed by atoms with Crippen LogP contribution in [0.4, 0.5) is 0 Å². The molecule has 1 saturated heterocycles. The number of aliphatic imine (C=N–C) groups is 1. The van der Waals surface area contributed by atoms with Crippen LogP contribution in [0, 0.1) is 0 Å². The molecule has 1 atom stereocenters. The topological polar surface area (TPSA) is 88.4 Å².